The van der Waals surface area contributed by atoms with Crippen molar-refractivity contribution in [1.29, 1.82) is 0 Å². The largest absolute Gasteiger partial charge is 0.481 e. The second-order valence-electron chi connectivity index (χ2n) is 4.42. The van der Waals surface area contributed by atoms with Crippen LogP contribution in [0, 0.1) is 0 Å². The van der Waals surface area contributed by atoms with E-state index in [0.717, 1.165) is 4.47 Å². The molecule has 1 rings (SSSR count). The van der Waals surface area contributed by atoms with E-state index in [9.17, 15) is 9.59 Å². The van der Waals surface area contributed by atoms with Crippen molar-refractivity contribution in [2.75, 3.05) is 6.61 Å². The molecule has 0 spiro atoms. The molecule has 0 aromatic heterocycles. The summed E-state index contributed by atoms with van der Waals surface area (Å²) in [6, 6.07) is 7.07. The van der Waals surface area contributed by atoms with Gasteiger partial charge >= 0.3 is 12.1 Å². The van der Waals surface area contributed by atoms with Gasteiger partial charge in [-0.05, 0) is 24.6 Å². The van der Waals surface area contributed by atoms with Gasteiger partial charge in [0.25, 0.3) is 0 Å². The molecule has 0 aliphatic rings. The van der Waals surface area contributed by atoms with Gasteiger partial charge < -0.3 is 15.2 Å². The molecule has 5 nitrogen and oxygen atoms in total. The predicted molar refractivity (Wildman–Crippen MR) is 78.4 cm³/mol. The van der Waals surface area contributed by atoms with E-state index in [1.165, 1.54) is 6.08 Å². The van der Waals surface area contributed by atoms with Crippen LogP contribution in [0.3, 0.4) is 0 Å². The fourth-order valence-electron chi connectivity index (χ4n) is 1.73. The molecular formula is C14H16BrNO4. The molecular weight excluding hydrogens is 326 g/mol. The summed E-state index contributed by atoms with van der Waals surface area (Å²) in [5.74, 6) is -1.01. The summed E-state index contributed by atoms with van der Waals surface area (Å²) < 4.78 is 5.71. The highest BCUT2D eigenvalue weighted by molar-refractivity contribution is 9.10. The minimum Gasteiger partial charge on any atom is -0.481 e. The number of hydrogen-bond acceptors (Lipinski definition) is 3. The van der Waals surface area contributed by atoms with Gasteiger partial charge in [-0.2, -0.15) is 0 Å². The van der Waals surface area contributed by atoms with Crippen molar-refractivity contribution in [3.63, 3.8) is 0 Å². The highest BCUT2D eigenvalue weighted by Gasteiger charge is 2.32. The van der Waals surface area contributed by atoms with Crippen molar-refractivity contribution >= 4 is 28.0 Å². The Morgan fingerprint density at radius 3 is 2.55 bits per heavy atom. The molecule has 1 amide bonds. The lowest BCUT2D eigenvalue weighted by Crippen LogP contribution is -2.45. The Bertz CT molecular complexity index is 500. The zero-order valence-corrected chi connectivity index (χ0v) is 12.6. The van der Waals surface area contributed by atoms with Gasteiger partial charge in [0.15, 0.2) is 0 Å². The van der Waals surface area contributed by atoms with E-state index in [1.807, 2.05) is 0 Å². The van der Waals surface area contributed by atoms with Crippen LogP contribution < -0.4 is 5.32 Å². The van der Waals surface area contributed by atoms with Crippen LogP contribution >= 0.6 is 15.9 Å². The molecule has 0 bridgehead atoms. The van der Waals surface area contributed by atoms with E-state index in [4.69, 9.17) is 9.84 Å². The van der Waals surface area contributed by atoms with Crippen LogP contribution in [0.5, 0.6) is 0 Å². The van der Waals surface area contributed by atoms with Crippen molar-refractivity contribution in [3.8, 4) is 0 Å². The maximum Gasteiger partial charge on any atom is 0.408 e. The Morgan fingerprint density at radius 2 is 2.05 bits per heavy atom. The summed E-state index contributed by atoms with van der Waals surface area (Å²) in [6.07, 6.45) is 0.502. The van der Waals surface area contributed by atoms with Crippen molar-refractivity contribution < 1.29 is 19.4 Å². The average molecular weight is 342 g/mol. The first-order valence-electron chi connectivity index (χ1n) is 5.91. The molecule has 0 aliphatic carbocycles. The van der Waals surface area contributed by atoms with E-state index in [2.05, 4.69) is 27.8 Å². The fraction of sp³-hybridized carbons (Fsp3) is 0.286. The fourth-order valence-corrected chi connectivity index (χ4v) is 2.00. The van der Waals surface area contributed by atoms with Crippen molar-refractivity contribution in [1.82, 2.24) is 5.32 Å². The summed E-state index contributed by atoms with van der Waals surface area (Å²) in [6.45, 7) is 5.14. The van der Waals surface area contributed by atoms with Crippen molar-refractivity contribution in [3.05, 3.63) is 47.0 Å². The maximum atomic E-state index is 11.7. The highest BCUT2D eigenvalue weighted by Crippen LogP contribution is 2.26. The molecule has 108 valence electrons. The first kappa shape index (κ1) is 16.2. The quantitative estimate of drug-likeness (QED) is 0.779. The van der Waals surface area contributed by atoms with Gasteiger partial charge in [-0.25, -0.2) is 4.79 Å². The molecule has 1 atom stereocenters. The number of carbonyl (C=O) groups excluding carboxylic acids is 1. The van der Waals surface area contributed by atoms with Crippen LogP contribution in [-0.4, -0.2) is 23.8 Å². The molecule has 0 saturated carbocycles. The van der Waals surface area contributed by atoms with Gasteiger partial charge in [-0.15, -0.1) is 0 Å². The Kier molecular flexibility index (Phi) is 5.76. The van der Waals surface area contributed by atoms with Gasteiger partial charge in [0.2, 0.25) is 0 Å². The molecule has 0 fully saturated rings. The van der Waals surface area contributed by atoms with Crippen molar-refractivity contribution in [2.24, 2.45) is 0 Å². The molecule has 0 heterocycles. The summed E-state index contributed by atoms with van der Waals surface area (Å²) in [5, 5.41) is 11.6. The summed E-state index contributed by atoms with van der Waals surface area (Å²) >= 11 is 3.31. The van der Waals surface area contributed by atoms with Crippen LogP contribution in [0.4, 0.5) is 4.79 Å². The number of amides is 1. The first-order valence-corrected chi connectivity index (χ1v) is 6.70. The molecule has 1 unspecified atom stereocenters. The maximum absolute atomic E-state index is 11.7. The molecule has 0 saturated heterocycles. The van der Waals surface area contributed by atoms with Gasteiger partial charge in [0.1, 0.15) is 6.61 Å². The molecule has 20 heavy (non-hydrogen) atoms. The van der Waals surface area contributed by atoms with Gasteiger partial charge in [-0.1, -0.05) is 40.7 Å². The third kappa shape index (κ3) is 4.70. The number of halogens is 1. The average Bonchev–Trinajstić information content (AvgIpc) is 2.35. The molecule has 0 aliphatic heterocycles. The monoisotopic (exact) mass is 341 g/mol. The number of alkyl carbamates (subject to hydrolysis) is 1. The van der Waals surface area contributed by atoms with E-state index in [1.54, 1.807) is 31.2 Å². The molecule has 6 heteroatoms. The standard InChI is InChI=1S/C14H16BrNO4/c1-3-8-20-13(19)16-14(2,9-12(17)18)10-4-6-11(15)7-5-10/h3-7H,1,8-9H2,2H3,(H,16,19)(H,17,18). The van der Waals surface area contributed by atoms with Crippen LogP contribution in [0.2, 0.25) is 0 Å². The highest BCUT2D eigenvalue weighted by atomic mass is 79.9. The number of ether oxygens (including phenoxy) is 1. The summed E-state index contributed by atoms with van der Waals surface area (Å²) in [7, 11) is 0. The van der Waals surface area contributed by atoms with E-state index >= 15 is 0 Å². The van der Waals surface area contributed by atoms with E-state index in [0.29, 0.717) is 5.56 Å². The lowest BCUT2D eigenvalue weighted by Gasteiger charge is -2.29. The number of aliphatic carboxylic acids is 1. The minimum atomic E-state index is -1.05. The van der Waals surface area contributed by atoms with Crippen LogP contribution in [-0.2, 0) is 15.1 Å². The number of rotatable bonds is 6. The number of carbonyl (C=O) groups is 2. The van der Waals surface area contributed by atoms with E-state index < -0.39 is 17.6 Å². The normalized spacial score (nSPS) is 13.1. The second-order valence-corrected chi connectivity index (χ2v) is 5.34. The third-order valence-corrected chi connectivity index (χ3v) is 3.23. The third-order valence-electron chi connectivity index (χ3n) is 2.70. The molecule has 1 aromatic rings. The molecule has 1 aromatic carbocycles. The summed E-state index contributed by atoms with van der Waals surface area (Å²) in [4.78, 5) is 22.7. The van der Waals surface area contributed by atoms with Gasteiger partial charge in [0.05, 0.1) is 12.0 Å². The van der Waals surface area contributed by atoms with E-state index in [-0.39, 0.29) is 13.0 Å². The number of hydrogen-bond donors (Lipinski definition) is 2. The zero-order chi connectivity index (χ0) is 15.2. The van der Waals surface area contributed by atoms with Gasteiger partial charge in [0, 0.05) is 4.47 Å². The zero-order valence-electron chi connectivity index (χ0n) is 11.1. The second kappa shape index (κ2) is 7.09. The predicted octanol–water partition coefficient (Wildman–Crippen LogP) is 3.05. The Balaban J connectivity index is 2.96. The van der Waals surface area contributed by atoms with Gasteiger partial charge in [-0.3, -0.25) is 4.79 Å². The lowest BCUT2D eigenvalue weighted by atomic mass is 9.89. The molecule has 0 radical (unpaired) electrons. The topological polar surface area (TPSA) is 75.6 Å². The number of nitrogens with one attached hydrogen (secondary N) is 1. The van der Waals surface area contributed by atoms with Crippen LogP contribution in [0.1, 0.15) is 18.9 Å². The number of benzene rings is 1. The van der Waals surface area contributed by atoms with Crippen LogP contribution in [0.25, 0.3) is 0 Å². The Labute approximate surface area is 125 Å². The first-order chi connectivity index (χ1) is 9.37. The van der Waals surface area contributed by atoms with Crippen LogP contribution in [0.15, 0.2) is 41.4 Å². The summed E-state index contributed by atoms with van der Waals surface area (Å²) in [5.41, 5.74) is -0.371. The van der Waals surface area contributed by atoms with Crippen molar-refractivity contribution in [2.45, 2.75) is 18.9 Å². The molecule has 2 N–H and O–H groups in total. The number of carboxylic acid groups (broad SMARTS) is 1. The Morgan fingerprint density at radius 1 is 1.45 bits per heavy atom. The Hall–Kier alpha value is -1.82. The smallest absolute Gasteiger partial charge is 0.408 e. The number of carboxylic acids is 1. The SMILES string of the molecule is C=CCOC(=O)NC(C)(CC(=O)O)c1ccc(Br)cc1. The lowest BCUT2D eigenvalue weighted by molar-refractivity contribution is -0.138. The minimum absolute atomic E-state index is 0.0648.